The van der Waals surface area contributed by atoms with Gasteiger partial charge in [-0.1, -0.05) is 72.8 Å². The Kier molecular flexibility index (Phi) is 4.15. The first kappa shape index (κ1) is 14.3. The highest BCUT2D eigenvalue weighted by Crippen LogP contribution is 2.22. The normalized spacial score (nSPS) is 17.8. The number of nitrogens with zero attached hydrogens (tertiary/aromatic N) is 2. The van der Waals surface area contributed by atoms with Crippen LogP contribution >= 0.6 is 0 Å². The van der Waals surface area contributed by atoms with Gasteiger partial charge in [-0.05, 0) is 11.1 Å². The number of hydrazone groups is 1. The predicted molar refractivity (Wildman–Crippen MR) is 89.4 cm³/mol. The minimum absolute atomic E-state index is 0.0205. The van der Waals surface area contributed by atoms with E-state index >= 15 is 0 Å². The van der Waals surface area contributed by atoms with Crippen LogP contribution in [0.2, 0.25) is 0 Å². The Labute approximate surface area is 130 Å². The first-order chi connectivity index (χ1) is 10.7. The van der Waals surface area contributed by atoms with Crippen LogP contribution < -0.4 is 0 Å². The number of benzene rings is 2. The summed E-state index contributed by atoms with van der Waals surface area (Å²) in [5.74, 6) is -0.0337. The van der Waals surface area contributed by atoms with Crippen LogP contribution in [0.5, 0.6) is 0 Å². The number of hydrogen-bond donors (Lipinski definition) is 0. The highest BCUT2D eigenvalue weighted by Gasteiger charge is 2.27. The molecule has 0 bridgehead atoms. The Balaban J connectivity index is 1.81. The lowest BCUT2D eigenvalue weighted by Crippen LogP contribution is -2.29. The lowest BCUT2D eigenvalue weighted by atomic mass is 10.0. The van der Waals surface area contributed by atoms with E-state index < -0.39 is 0 Å². The minimum Gasteiger partial charge on any atom is -0.273 e. The van der Waals surface area contributed by atoms with E-state index in [0.717, 1.165) is 23.3 Å². The second kappa shape index (κ2) is 6.39. The minimum atomic E-state index is -0.0337. The molecule has 2 aromatic carbocycles. The SMILES string of the molecule is CC(=O)N1N=C(c2ccccc2)CC1/C=C/c1ccccc1. The molecule has 1 amide bonds. The zero-order chi connectivity index (χ0) is 15.4. The molecule has 0 spiro atoms. The molecule has 1 unspecified atom stereocenters. The third-order valence-electron chi connectivity index (χ3n) is 3.69. The van der Waals surface area contributed by atoms with Crippen molar-refractivity contribution < 1.29 is 4.79 Å². The van der Waals surface area contributed by atoms with Crippen molar-refractivity contribution in [2.45, 2.75) is 19.4 Å². The topological polar surface area (TPSA) is 32.7 Å². The summed E-state index contributed by atoms with van der Waals surface area (Å²) >= 11 is 0. The fraction of sp³-hybridized carbons (Fsp3) is 0.158. The number of carbonyl (C=O) groups excluding carboxylic acids is 1. The molecule has 0 saturated carbocycles. The highest BCUT2D eigenvalue weighted by atomic mass is 16.2. The van der Waals surface area contributed by atoms with Crippen LogP contribution in [0.3, 0.4) is 0 Å². The van der Waals surface area contributed by atoms with Crippen molar-refractivity contribution in [1.82, 2.24) is 5.01 Å². The summed E-state index contributed by atoms with van der Waals surface area (Å²) in [6.07, 6.45) is 4.84. The van der Waals surface area contributed by atoms with Crippen LogP contribution in [0.4, 0.5) is 0 Å². The lowest BCUT2D eigenvalue weighted by Gasteiger charge is -2.16. The van der Waals surface area contributed by atoms with Gasteiger partial charge in [0.15, 0.2) is 0 Å². The molecule has 110 valence electrons. The van der Waals surface area contributed by atoms with Gasteiger partial charge in [-0.25, -0.2) is 5.01 Å². The first-order valence-corrected chi connectivity index (χ1v) is 7.40. The van der Waals surface area contributed by atoms with Crippen LogP contribution in [0.25, 0.3) is 6.08 Å². The molecule has 0 saturated heterocycles. The van der Waals surface area contributed by atoms with Crippen LogP contribution in [-0.4, -0.2) is 22.7 Å². The molecule has 1 aliphatic heterocycles. The summed E-state index contributed by atoms with van der Waals surface area (Å²) < 4.78 is 0. The van der Waals surface area contributed by atoms with Gasteiger partial charge in [-0.15, -0.1) is 0 Å². The maximum Gasteiger partial charge on any atom is 0.240 e. The molecule has 22 heavy (non-hydrogen) atoms. The van der Waals surface area contributed by atoms with Crippen LogP contribution in [0, 0.1) is 0 Å². The smallest absolute Gasteiger partial charge is 0.240 e. The van der Waals surface area contributed by atoms with E-state index in [2.05, 4.69) is 11.2 Å². The van der Waals surface area contributed by atoms with Crippen molar-refractivity contribution in [3.8, 4) is 0 Å². The summed E-state index contributed by atoms with van der Waals surface area (Å²) in [5.41, 5.74) is 3.15. The van der Waals surface area contributed by atoms with Crippen molar-refractivity contribution in [3.63, 3.8) is 0 Å². The summed E-state index contributed by atoms with van der Waals surface area (Å²) in [7, 11) is 0. The number of hydrogen-bond acceptors (Lipinski definition) is 2. The standard InChI is InChI=1S/C19H18N2O/c1-15(22)21-18(13-12-16-8-4-2-5-9-16)14-19(20-21)17-10-6-3-7-11-17/h2-13,18H,14H2,1H3/b13-12+. The van der Waals surface area contributed by atoms with E-state index in [1.807, 2.05) is 66.7 Å². The largest absolute Gasteiger partial charge is 0.273 e. The second-order valence-electron chi connectivity index (χ2n) is 5.32. The number of amides is 1. The Bertz CT molecular complexity index is 705. The zero-order valence-corrected chi connectivity index (χ0v) is 12.5. The van der Waals surface area contributed by atoms with Crippen LogP contribution in [0.1, 0.15) is 24.5 Å². The van der Waals surface area contributed by atoms with Gasteiger partial charge >= 0.3 is 0 Å². The van der Waals surface area contributed by atoms with Crippen molar-refractivity contribution in [2.24, 2.45) is 5.10 Å². The molecule has 3 nitrogen and oxygen atoms in total. The summed E-state index contributed by atoms with van der Waals surface area (Å²) in [6, 6.07) is 20.1. The molecule has 1 aliphatic rings. The molecule has 2 aromatic rings. The second-order valence-corrected chi connectivity index (χ2v) is 5.32. The Morgan fingerprint density at radius 1 is 1.09 bits per heavy atom. The third kappa shape index (κ3) is 3.14. The van der Waals surface area contributed by atoms with Gasteiger partial charge in [0, 0.05) is 13.3 Å². The summed E-state index contributed by atoms with van der Waals surface area (Å²) in [5, 5.41) is 6.07. The number of rotatable bonds is 3. The van der Waals surface area contributed by atoms with E-state index in [9.17, 15) is 4.79 Å². The number of carbonyl (C=O) groups is 1. The van der Waals surface area contributed by atoms with Crippen molar-refractivity contribution >= 4 is 17.7 Å². The Hall–Kier alpha value is -2.68. The molecular formula is C19H18N2O. The fourth-order valence-electron chi connectivity index (χ4n) is 2.58. The van der Waals surface area contributed by atoms with Gasteiger partial charge in [0.05, 0.1) is 11.8 Å². The molecule has 3 heteroatoms. The third-order valence-corrected chi connectivity index (χ3v) is 3.69. The van der Waals surface area contributed by atoms with Crippen molar-refractivity contribution in [2.75, 3.05) is 0 Å². The molecule has 1 atom stereocenters. The summed E-state index contributed by atoms with van der Waals surface area (Å²) in [4.78, 5) is 11.8. The zero-order valence-electron chi connectivity index (χ0n) is 12.5. The molecule has 3 rings (SSSR count). The van der Waals surface area contributed by atoms with Gasteiger partial charge in [0.1, 0.15) is 0 Å². The van der Waals surface area contributed by atoms with Crippen molar-refractivity contribution in [3.05, 3.63) is 77.9 Å². The van der Waals surface area contributed by atoms with E-state index in [4.69, 9.17) is 0 Å². The first-order valence-electron chi connectivity index (χ1n) is 7.40. The van der Waals surface area contributed by atoms with E-state index in [1.54, 1.807) is 11.9 Å². The monoisotopic (exact) mass is 290 g/mol. The summed E-state index contributed by atoms with van der Waals surface area (Å²) in [6.45, 7) is 1.56. The maximum atomic E-state index is 11.8. The molecule has 0 radical (unpaired) electrons. The Morgan fingerprint density at radius 3 is 2.36 bits per heavy atom. The molecule has 0 aliphatic carbocycles. The molecule has 0 aromatic heterocycles. The predicted octanol–water partition coefficient (Wildman–Crippen LogP) is 3.72. The average molecular weight is 290 g/mol. The van der Waals surface area contributed by atoms with Crippen LogP contribution in [0.15, 0.2) is 71.8 Å². The van der Waals surface area contributed by atoms with Crippen LogP contribution in [-0.2, 0) is 4.79 Å². The quantitative estimate of drug-likeness (QED) is 0.848. The van der Waals surface area contributed by atoms with Gasteiger partial charge in [0.25, 0.3) is 0 Å². The molecular weight excluding hydrogens is 272 g/mol. The lowest BCUT2D eigenvalue weighted by molar-refractivity contribution is -0.129. The van der Waals surface area contributed by atoms with Gasteiger partial charge in [0.2, 0.25) is 5.91 Å². The van der Waals surface area contributed by atoms with E-state index in [-0.39, 0.29) is 11.9 Å². The average Bonchev–Trinajstić information content (AvgIpc) is 2.99. The maximum absolute atomic E-state index is 11.8. The Morgan fingerprint density at radius 2 is 1.73 bits per heavy atom. The van der Waals surface area contributed by atoms with Gasteiger partial charge in [-0.3, -0.25) is 4.79 Å². The van der Waals surface area contributed by atoms with Gasteiger partial charge < -0.3 is 0 Å². The van der Waals surface area contributed by atoms with Gasteiger partial charge in [-0.2, -0.15) is 5.10 Å². The molecule has 0 N–H and O–H groups in total. The van der Waals surface area contributed by atoms with E-state index in [0.29, 0.717) is 0 Å². The molecule has 1 heterocycles. The highest BCUT2D eigenvalue weighted by molar-refractivity contribution is 6.03. The molecule has 0 fully saturated rings. The van der Waals surface area contributed by atoms with Crippen molar-refractivity contribution in [1.29, 1.82) is 0 Å². The fourth-order valence-corrected chi connectivity index (χ4v) is 2.58. The van der Waals surface area contributed by atoms with E-state index in [1.165, 1.54) is 0 Å².